The van der Waals surface area contributed by atoms with Crippen LogP contribution in [0.1, 0.15) is 12.5 Å². The molecule has 66 valence electrons. The van der Waals surface area contributed by atoms with Crippen LogP contribution in [0.25, 0.3) is 0 Å². The second-order valence-corrected chi connectivity index (χ2v) is 3.69. The van der Waals surface area contributed by atoms with E-state index in [2.05, 4.69) is 15.9 Å². The van der Waals surface area contributed by atoms with E-state index in [4.69, 9.17) is 5.73 Å². The fourth-order valence-electron chi connectivity index (χ4n) is 1.05. The van der Waals surface area contributed by atoms with Crippen LogP contribution in [0.3, 0.4) is 0 Å². The molecule has 0 aliphatic carbocycles. The molecule has 0 aliphatic rings. The molecule has 2 N–H and O–H groups in total. The maximum Gasteiger partial charge on any atom is 0.137 e. The molecule has 0 unspecified atom stereocenters. The van der Waals surface area contributed by atoms with Crippen LogP contribution in [0.4, 0.5) is 4.39 Å². The fraction of sp³-hybridized carbons (Fsp3) is 0.333. The van der Waals surface area contributed by atoms with E-state index in [-0.39, 0.29) is 11.9 Å². The molecular weight excluding hydrogens is 221 g/mol. The van der Waals surface area contributed by atoms with Crippen LogP contribution in [0, 0.1) is 5.82 Å². The lowest BCUT2D eigenvalue weighted by Crippen LogP contribution is -2.18. The van der Waals surface area contributed by atoms with Crippen molar-refractivity contribution in [2.24, 2.45) is 5.73 Å². The van der Waals surface area contributed by atoms with Gasteiger partial charge in [0.2, 0.25) is 0 Å². The van der Waals surface area contributed by atoms with Crippen molar-refractivity contribution in [3.05, 3.63) is 34.1 Å². The second-order valence-electron chi connectivity index (χ2n) is 2.89. The van der Waals surface area contributed by atoms with Gasteiger partial charge in [-0.15, -0.1) is 0 Å². The number of hydrogen-bond acceptors (Lipinski definition) is 1. The molecule has 0 spiro atoms. The van der Waals surface area contributed by atoms with E-state index >= 15 is 0 Å². The van der Waals surface area contributed by atoms with Crippen LogP contribution in [0.15, 0.2) is 22.7 Å². The predicted octanol–water partition coefficient (Wildman–Crippen LogP) is 2.48. The third kappa shape index (κ3) is 2.29. The first kappa shape index (κ1) is 9.68. The number of halogens is 2. The predicted molar refractivity (Wildman–Crippen MR) is 51.5 cm³/mol. The lowest BCUT2D eigenvalue weighted by Gasteiger charge is -2.07. The van der Waals surface area contributed by atoms with Crippen molar-refractivity contribution in [2.45, 2.75) is 19.4 Å². The average molecular weight is 232 g/mol. The van der Waals surface area contributed by atoms with Crippen LogP contribution in [0.2, 0.25) is 0 Å². The van der Waals surface area contributed by atoms with Gasteiger partial charge in [-0.3, -0.25) is 0 Å². The van der Waals surface area contributed by atoms with Gasteiger partial charge >= 0.3 is 0 Å². The van der Waals surface area contributed by atoms with Crippen molar-refractivity contribution < 1.29 is 4.39 Å². The molecule has 1 aromatic carbocycles. The molecule has 0 saturated heterocycles. The van der Waals surface area contributed by atoms with E-state index in [1.54, 1.807) is 6.07 Å². The number of benzene rings is 1. The van der Waals surface area contributed by atoms with Gasteiger partial charge < -0.3 is 5.73 Å². The van der Waals surface area contributed by atoms with Crippen molar-refractivity contribution in [2.75, 3.05) is 0 Å². The van der Waals surface area contributed by atoms with Gasteiger partial charge in [-0.05, 0) is 40.9 Å². The van der Waals surface area contributed by atoms with Crippen LogP contribution in [0.5, 0.6) is 0 Å². The summed E-state index contributed by atoms with van der Waals surface area (Å²) in [6, 6.07) is 5.05. The van der Waals surface area contributed by atoms with Gasteiger partial charge in [0.05, 0.1) is 4.47 Å². The van der Waals surface area contributed by atoms with E-state index in [9.17, 15) is 4.39 Å². The summed E-state index contributed by atoms with van der Waals surface area (Å²) in [6.45, 7) is 1.90. The summed E-state index contributed by atoms with van der Waals surface area (Å²) >= 11 is 3.18. The van der Waals surface area contributed by atoms with Gasteiger partial charge in [-0.1, -0.05) is 12.1 Å². The Bertz CT molecular complexity index is 273. The van der Waals surface area contributed by atoms with Crippen molar-refractivity contribution in [3.8, 4) is 0 Å². The van der Waals surface area contributed by atoms with E-state index in [0.717, 1.165) is 5.56 Å². The van der Waals surface area contributed by atoms with Crippen LogP contribution in [-0.2, 0) is 6.42 Å². The molecule has 1 rings (SSSR count). The Kier molecular flexibility index (Phi) is 3.23. The first-order valence-corrected chi connectivity index (χ1v) is 4.59. The van der Waals surface area contributed by atoms with Crippen LogP contribution in [-0.4, -0.2) is 6.04 Å². The third-order valence-corrected chi connectivity index (χ3v) is 2.46. The molecule has 1 atom stereocenters. The maximum atomic E-state index is 12.9. The lowest BCUT2D eigenvalue weighted by atomic mass is 10.1. The van der Waals surface area contributed by atoms with Gasteiger partial charge in [0.25, 0.3) is 0 Å². The van der Waals surface area contributed by atoms with E-state index in [0.29, 0.717) is 10.9 Å². The summed E-state index contributed by atoms with van der Waals surface area (Å²) in [5, 5.41) is 0. The Hall–Kier alpha value is -0.410. The molecular formula is C9H11BrFN. The molecule has 0 bridgehead atoms. The molecule has 0 aliphatic heterocycles. The lowest BCUT2D eigenvalue weighted by molar-refractivity contribution is 0.615. The van der Waals surface area contributed by atoms with Crippen LogP contribution >= 0.6 is 15.9 Å². The van der Waals surface area contributed by atoms with Gasteiger partial charge in [0.1, 0.15) is 5.82 Å². The highest BCUT2D eigenvalue weighted by atomic mass is 79.9. The fourth-order valence-corrected chi connectivity index (χ4v) is 1.48. The number of rotatable bonds is 2. The minimum atomic E-state index is -0.229. The summed E-state index contributed by atoms with van der Waals surface area (Å²) in [5.41, 5.74) is 6.52. The third-order valence-electron chi connectivity index (χ3n) is 1.57. The van der Waals surface area contributed by atoms with E-state index in [1.165, 1.54) is 6.07 Å². The Morgan fingerprint density at radius 1 is 1.58 bits per heavy atom. The Morgan fingerprint density at radius 2 is 2.25 bits per heavy atom. The summed E-state index contributed by atoms with van der Waals surface area (Å²) in [7, 11) is 0. The largest absolute Gasteiger partial charge is 0.328 e. The molecule has 1 nitrogen and oxygen atoms in total. The van der Waals surface area contributed by atoms with Crippen LogP contribution < -0.4 is 5.73 Å². The molecule has 0 heterocycles. The van der Waals surface area contributed by atoms with E-state index in [1.807, 2.05) is 13.0 Å². The zero-order valence-electron chi connectivity index (χ0n) is 6.85. The highest BCUT2D eigenvalue weighted by Gasteiger charge is 2.06. The quantitative estimate of drug-likeness (QED) is 0.832. The number of nitrogens with two attached hydrogens (primary N) is 1. The Labute approximate surface area is 79.9 Å². The monoisotopic (exact) mass is 231 g/mol. The summed E-state index contributed by atoms with van der Waals surface area (Å²) in [6.07, 6.45) is 0.693. The minimum absolute atomic E-state index is 0.0584. The summed E-state index contributed by atoms with van der Waals surface area (Å²) in [4.78, 5) is 0. The van der Waals surface area contributed by atoms with Gasteiger partial charge in [0.15, 0.2) is 0 Å². The molecule has 0 aromatic heterocycles. The highest BCUT2D eigenvalue weighted by Crippen LogP contribution is 2.21. The van der Waals surface area contributed by atoms with Crippen molar-refractivity contribution in [1.82, 2.24) is 0 Å². The molecule has 0 saturated carbocycles. The van der Waals surface area contributed by atoms with Gasteiger partial charge in [0, 0.05) is 6.04 Å². The zero-order chi connectivity index (χ0) is 9.14. The van der Waals surface area contributed by atoms with Crippen molar-refractivity contribution in [3.63, 3.8) is 0 Å². The minimum Gasteiger partial charge on any atom is -0.328 e. The molecule has 1 aromatic rings. The Balaban J connectivity index is 2.92. The van der Waals surface area contributed by atoms with E-state index < -0.39 is 0 Å². The topological polar surface area (TPSA) is 26.0 Å². The van der Waals surface area contributed by atoms with Crippen molar-refractivity contribution >= 4 is 15.9 Å². The maximum absolute atomic E-state index is 12.9. The molecule has 3 heteroatoms. The number of hydrogen-bond donors (Lipinski definition) is 1. The molecule has 12 heavy (non-hydrogen) atoms. The second kappa shape index (κ2) is 4.01. The first-order chi connectivity index (χ1) is 5.61. The van der Waals surface area contributed by atoms with Gasteiger partial charge in [-0.2, -0.15) is 0 Å². The standard InChI is InChI=1S/C9H11BrFN/c1-6(12)5-7-3-2-4-8(11)9(7)10/h2-4,6H,5,12H2,1H3/t6-/m1/s1. The zero-order valence-corrected chi connectivity index (χ0v) is 8.44. The SMILES string of the molecule is C[C@@H](N)Cc1cccc(F)c1Br. The smallest absolute Gasteiger partial charge is 0.137 e. The van der Waals surface area contributed by atoms with Gasteiger partial charge in [-0.25, -0.2) is 4.39 Å². The Morgan fingerprint density at radius 3 is 2.83 bits per heavy atom. The molecule has 0 radical (unpaired) electrons. The molecule has 0 amide bonds. The normalized spacial score (nSPS) is 13.0. The summed E-state index contributed by atoms with van der Waals surface area (Å²) < 4.78 is 13.5. The molecule has 0 fully saturated rings. The first-order valence-electron chi connectivity index (χ1n) is 3.79. The average Bonchev–Trinajstić information content (AvgIpc) is 1.98. The highest BCUT2D eigenvalue weighted by molar-refractivity contribution is 9.10. The van der Waals surface area contributed by atoms with Crippen molar-refractivity contribution in [1.29, 1.82) is 0 Å². The summed E-state index contributed by atoms with van der Waals surface area (Å²) in [5.74, 6) is -0.229.